The van der Waals surface area contributed by atoms with Crippen LogP contribution in [0.15, 0.2) is 0 Å². The Hall–Kier alpha value is -2.75. The number of carbonyl (C=O) groups is 6. The van der Waals surface area contributed by atoms with Crippen LogP contribution >= 0.6 is 11.8 Å². The standard InChI is InChI=1S/C20H32N4O10S/c1-20(35-11-13(17(22)29)23-14(25)3-2-12(21)18(30)31)10-15(26)24(19(20)32)5-7-34-9-8-33-6-4-16(27)28/h12-13H,2-11,21H2,1H3,(H2,22,29)(H,23,25)(H,27,28)(H,30,31). The van der Waals surface area contributed by atoms with Gasteiger partial charge in [0.05, 0.1) is 45.8 Å². The highest BCUT2D eigenvalue weighted by Gasteiger charge is 2.48. The van der Waals surface area contributed by atoms with E-state index >= 15 is 0 Å². The van der Waals surface area contributed by atoms with Crippen LogP contribution in [0.3, 0.4) is 0 Å². The second kappa shape index (κ2) is 14.6. The number of carboxylic acid groups (broad SMARTS) is 2. The smallest absolute Gasteiger partial charge is 0.320 e. The fraction of sp³-hybridized carbons (Fsp3) is 0.700. The summed E-state index contributed by atoms with van der Waals surface area (Å²) < 4.78 is 9.22. The quantitative estimate of drug-likeness (QED) is 0.0967. The number of likely N-dealkylation sites (tertiary alicyclic amines) is 1. The van der Waals surface area contributed by atoms with Crippen molar-refractivity contribution in [3.8, 4) is 0 Å². The SMILES string of the molecule is CC1(SCC(NC(=O)CCC(N)C(=O)O)C(N)=O)CC(=O)N(CCOCCOCCC(=O)O)C1=O. The molecule has 3 atom stereocenters. The van der Waals surface area contributed by atoms with E-state index in [0.29, 0.717) is 0 Å². The van der Waals surface area contributed by atoms with Gasteiger partial charge in [0.25, 0.3) is 0 Å². The largest absolute Gasteiger partial charge is 0.481 e. The van der Waals surface area contributed by atoms with Crippen molar-refractivity contribution >= 4 is 47.3 Å². The van der Waals surface area contributed by atoms with Crippen LogP contribution < -0.4 is 16.8 Å². The lowest BCUT2D eigenvalue weighted by molar-refractivity contribution is -0.140. The zero-order valence-corrected chi connectivity index (χ0v) is 20.2. The predicted molar refractivity (Wildman–Crippen MR) is 122 cm³/mol. The maximum Gasteiger partial charge on any atom is 0.320 e. The van der Waals surface area contributed by atoms with Gasteiger partial charge in [0.15, 0.2) is 0 Å². The van der Waals surface area contributed by atoms with Crippen LogP contribution in [0.4, 0.5) is 0 Å². The second-order valence-electron chi connectivity index (χ2n) is 7.94. The number of aliphatic carboxylic acids is 2. The minimum Gasteiger partial charge on any atom is -0.481 e. The van der Waals surface area contributed by atoms with Crippen molar-refractivity contribution in [1.29, 1.82) is 0 Å². The zero-order valence-electron chi connectivity index (χ0n) is 19.4. The van der Waals surface area contributed by atoms with Crippen molar-refractivity contribution in [2.45, 2.75) is 49.4 Å². The molecule has 1 aliphatic heterocycles. The number of imide groups is 1. The lowest BCUT2D eigenvalue weighted by atomic mass is 10.1. The molecule has 0 aromatic carbocycles. The summed E-state index contributed by atoms with van der Waals surface area (Å²) in [5.41, 5.74) is 10.7. The summed E-state index contributed by atoms with van der Waals surface area (Å²) in [6.07, 6.45) is -0.584. The third-order valence-electron chi connectivity index (χ3n) is 5.03. The maximum absolute atomic E-state index is 12.8. The van der Waals surface area contributed by atoms with Gasteiger partial charge >= 0.3 is 11.9 Å². The Morgan fingerprint density at radius 1 is 1.11 bits per heavy atom. The van der Waals surface area contributed by atoms with Gasteiger partial charge in [0.1, 0.15) is 16.8 Å². The number of amides is 4. The fourth-order valence-electron chi connectivity index (χ4n) is 2.97. The summed E-state index contributed by atoms with van der Waals surface area (Å²) in [6.45, 7) is 2.03. The Bertz CT molecular complexity index is 811. The van der Waals surface area contributed by atoms with Crippen LogP contribution in [-0.4, -0.2) is 106 Å². The van der Waals surface area contributed by atoms with Crippen molar-refractivity contribution in [3.63, 3.8) is 0 Å². The van der Waals surface area contributed by atoms with E-state index in [1.54, 1.807) is 6.92 Å². The van der Waals surface area contributed by atoms with E-state index in [4.69, 9.17) is 31.2 Å². The van der Waals surface area contributed by atoms with Crippen molar-refractivity contribution < 1.29 is 48.5 Å². The summed E-state index contributed by atoms with van der Waals surface area (Å²) >= 11 is 1.01. The van der Waals surface area contributed by atoms with E-state index in [1.807, 2.05) is 0 Å². The number of hydrogen-bond donors (Lipinski definition) is 5. The van der Waals surface area contributed by atoms with Gasteiger partial charge in [-0.2, -0.15) is 0 Å². The first-order valence-electron chi connectivity index (χ1n) is 10.8. The highest BCUT2D eigenvalue weighted by Crippen LogP contribution is 2.37. The van der Waals surface area contributed by atoms with Crippen molar-refractivity contribution in [1.82, 2.24) is 10.2 Å². The molecule has 35 heavy (non-hydrogen) atoms. The van der Waals surface area contributed by atoms with Crippen LogP contribution in [0.2, 0.25) is 0 Å². The Labute approximate surface area is 206 Å². The van der Waals surface area contributed by atoms with Gasteiger partial charge in [-0.1, -0.05) is 0 Å². The Balaban J connectivity index is 2.48. The molecule has 1 heterocycles. The second-order valence-corrected chi connectivity index (χ2v) is 9.47. The molecule has 0 aromatic rings. The lowest BCUT2D eigenvalue weighted by Crippen LogP contribution is -2.48. The first-order valence-corrected chi connectivity index (χ1v) is 11.8. The molecule has 1 fully saturated rings. The predicted octanol–water partition coefficient (Wildman–Crippen LogP) is -2.09. The fourth-order valence-corrected chi connectivity index (χ4v) is 4.21. The number of primary amides is 1. The molecule has 0 aliphatic carbocycles. The van der Waals surface area contributed by atoms with Gasteiger partial charge in [-0.15, -0.1) is 11.8 Å². The van der Waals surface area contributed by atoms with E-state index < -0.39 is 52.4 Å². The molecule has 1 saturated heterocycles. The van der Waals surface area contributed by atoms with Gasteiger partial charge in [-0.25, -0.2) is 0 Å². The minimum absolute atomic E-state index is 0.0166. The summed E-state index contributed by atoms with van der Waals surface area (Å²) in [5.74, 6) is -4.62. The Morgan fingerprint density at radius 2 is 1.74 bits per heavy atom. The molecule has 3 unspecified atom stereocenters. The number of carboxylic acids is 2. The number of hydrogen-bond acceptors (Lipinski definition) is 10. The van der Waals surface area contributed by atoms with E-state index in [9.17, 15) is 28.8 Å². The maximum atomic E-state index is 12.8. The monoisotopic (exact) mass is 520 g/mol. The number of nitrogens with one attached hydrogen (secondary N) is 1. The molecule has 0 bridgehead atoms. The molecule has 4 amide bonds. The summed E-state index contributed by atoms with van der Waals surface area (Å²) in [7, 11) is 0. The topological polar surface area (TPSA) is 229 Å². The molecule has 198 valence electrons. The van der Waals surface area contributed by atoms with Crippen LogP contribution in [0, 0.1) is 0 Å². The number of thioether (sulfide) groups is 1. The van der Waals surface area contributed by atoms with Crippen LogP contribution in [0.1, 0.15) is 32.6 Å². The zero-order chi connectivity index (χ0) is 26.6. The van der Waals surface area contributed by atoms with Gasteiger partial charge in [0.2, 0.25) is 23.6 Å². The summed E-state index contributed by atoms with van der Waals surface area (Å²) in [4.78, 5) is 71.2. The number of nitrogens with two attached hydrogens (primary N) is 2. The molecule has 7 N–H and O–H groups in total. The van der Waals surface area contributed by atoms with Crippen LogP contribution in [0.5, 0.6) is 0 Å². The van der Waals surface area contributed by atoms with E-state index in [2.05, 4.69) is 5.32 Å². The molecule has 1 rings (SSSR count). The molecule has 15 heteroatoms. The van der Waals surface area contributed by atoms with Crippen LogP contribution in [-0.2, 0) is 38.2 Å². The minimum atomic E-state index is -1.25. The first kappa shape index (κ1) is 30.3. The molecule has 1 aliphatic rings. The highest BCUT2D eigenvalue weighted by atomic mass is 32.2. The summed E-state index contributed by atoms with van der Waals surface area (Å²) in [5, 5.41) is 19.7. The molecule has 0 aromatic heterocycles. The summed E-state index contributed by atoms with van der Waals surface area (Å²) in [6, 6.07) is -2.35. The van der Waals surface area contributed by atoms with Gasteiger partial charge in [-0.05, 0) is 13.3 Å². The average molecular weight is 521 g/mol. The van der Waals surface area contributed by atoms with E-state index in [1.165, 1.54) is 0 Å². The van der Waals surface area contributed by atoms with Crippen molar-refractivity contribution in [3.05, 3.63) is 0 Å². The molecule has 14 nitrogen and oxygen atoms in total. The van der Waals surface area contributed by atoms with Gasteiger partial charge in [0, 0.05) is 12.2 Å². The Kier molecular flexibility index (Phi) is 12.6. The average Bonchev–Trinajstić information content (AvgIpc) is 2.98. The highest BCUT2D eigenvalue weighted by molar-refractivity contribution is 8.01. The normalized spacial score (nSPS) is 19.4. The molecule has 0 radical (unpaired) electrons. The molecular formula is C20H32N4O10S. The van der Waals surface area contributed by atoms with Crippen molar-refractivity contribution in [2.24, 2.45) is 11.5 Å². The Morgan fingerprint density at radius 3 is 2.31 bits per heavy atom. The molecule has 0 spiro atoms. The molecular weight excluding hydrogens is 488 g/mol. The van der Waals surface area contributed by atoms with Gasteiger partial charge < -0.3 is 36.5 Å². The molecule has 0 saturated carbocycles. The first-order chi connectivity index (χ1) is 16.4. The number of carbonyl (C=O) groups excluding carboxylic acids is 4. The van der Waals surface area contributed by atoms with Gasteiger partial charge in [-0.3, -0.25) is 33.7 Å². The number of ether oxygens (including phenoxy) is 2. The van der Waals surface area contributed by atoms with Crippen molar-refractivity contribution in [2.75, 3.05) is 38.7 Å². The number of nitrogens with zero attached hydrogens (tertiary/aromatic N) is 1. The third kappa shape index (κ3) is 10.6. The number of rotatable bonds is 18. The van der Waals surface area contributed by atoms with E-state index in [0.717, 1.165) is 16.7 Å². The third-order valence-corrected chi connectivity index (χ3v) is 6.48. The lowest BCUT2D eigenvalue weighted by Gasteiger charge is -2.24. The van der Waals surface area contributed by atoms with E-state index in [-0.39, 0.29) is 64.4 Å². The van der Waals surface area contributed by atoms with Crippen LogP contribution in [0.25, 0.3) is 0 Å².